The van der Waals surface area contributed by atoms with Crippen LogP contribution in [-0.2, 0) is 38.8 Å². The number of carboxylic acid groups (broad SMARTS) is 2. The standard InChI is InChI=1S/C20H38O7S.C9H16O4.Na/c1-5-9-11-16(7-3)14-26-19(21)13-18(28(23,24)25)20(22)27-15-17(8-4)12-10-6-2;10-8(11)6-4-2-1-3-5-7-9(12)13;/h16-18H,5-15H2,1-4H3,(H,23,24,25);1-7H2,(H,10,11)(H,12,13);/q;;+1/p-1. The number of esters is 2. The van der Waals surface area contributed by atoms with Crippen molar-refractivity contribution in [2.45, 2.75) is 136 Å². The molecule has 0 saturated heterocycles. The molecule has 0 radical (unpaired) electrons. The van der Waals surface area contributed by atoms with Gasteiger partial charge in [-0.3, -0.25) is 19.2 Å². The van der Waals surface area contributed by atoms with Gasteiger partial charge in [0.15, 0.2) is 5.25 Å². The maximum Gasteiger partial charge on any atom is 1.00 e. The molecule has 13 heteroatoms. The molecule has 0 amide bonds. The summed E-state index contributed by atoms with van der Waals surface area (Å²) in [5.41, 5.74) is 0. The van der Waals surface area contributed by atoms with Gasteiger partial charge in [-0.15, -0.1) is 0 Å². The summed E-state index contributed by atoms with van der Waals surface area (Å²) in [4.78, 5) is 44.3. The molecule has 3 atom stereocenters. The maximum absolute atomic E-state index is 12.1. The van der Waals surface area contributed by atoms with E-state index in [0.717, 1.165) is 70.6 Å². The third kappa shape index (κ3) is 27.6. The normalized spacial score (nSPS) is 13.0. The molecule has 2 N–H and O–H groups in total. The average molecular weight is 633 g/mol. The molecule has 0 bridgehead atoms. The van der Waals surface area contributed by atoms with E-state index in [1.807, 2.05) is 13.8 Å². The van der Waals surface area contributed by atoms with Gasteiger partial charge in [-0.05, 0) is 37.5 Å². The number of aliphatic carboxylic acids is 2. The van der Waals surface area contributed by atoms with Crippen molar-refractivity contribution in [1.29, 1.82) is 0 Å². The average Bonchev–Trinajstić information content (AvgIpc) is 2.90. The van der Waals surface area contributed by atoms with Gasteiger partial charge in [-0.1, -0.05) is 85.5 Å². The zero-order chi connectivity index (χ0) is 31.7. The zero-order valence-electron chi connectivity index (χ0n) is 26.4. The fraction of sp³-hybridized carbons (Fsp3) is 0.862. The number of carbonyl (C=O) groups excluding carboxylic acids is 2. The molecule has 0 aliphatic rings. The minimum absolute atomic E-state index is 0. The Bertz CT molecular complexity index is 815. The summed E-state index contributed by atoms with van der Waals surface area (Å²) < 4.78 is 44.6. The molecule has 0 aromatic carbocycles. The summed E-state index contributed by atoms with van der Waals surface area (Å²) in [5, 5.41) is 14.6. The minimum atomic E-state index is -5.01. The first-order valence-corrected chi connectivity index (χ1v) is 16.5. The number of rotatable bonds is 24. The van der Waals surface area contributed by atoms with Gasteiger partial charge in [0.1, 0.15) is 10.1 Å². The summed E-state index contributed by atoms with van der Waals surface area (Å²) in [6.07, 6.45) is 11.1. The first kappa shape index (κ1) is 45.2. The number of hydrogen-bond acceptors (Lipinski definition) is 9. The molecule has 0 aromatic rings. The molecule has 0 aromatic heterocycles. The summed E-state index contributed by atoms with van der Waals surface area (Å²) in [5.74, 6) is -3.26. The largest absolute Gasteiger partial charge is 1.00 e. The van der Waals surface area contributed by atoms with Gasteiger partial charge in [0.2, 0.25) is 0 Å². The molecular weight excluding hydrogens is 579 g/mol. The van der Waals surface area contributed by atoms with Crippen LogP contribution in [0.5, 0.6) is 0 Å². The molecule has 0 spiro atoms. The van der Waals surface area contributed by atoms with Crippen LogP contribution >= 0.6 is 0 Å². The summed E-state index contributed by atoms with van der Waals surface area (Å²) in [6, 6.07) is 0. The second-order valence-corrected chi connectivity index (χ2v) is 11.9. The van der Waals surface area contributed by atoms with Crippen LogP contribution in [0.25, 0.3) is 0 Å². The molecule has 0 aliphatic carbocycles. The van der Waals surface area contributed by atoms with Gasteiger partial charge in [-0.25, -0.2) is 8.42 Å². The van der Waals surface area contributed by atoms with Gasteiger partial charge in [-0.2, -0.15) is 0 Å². The Hall–Kier alpha value is -1.21. The molecule has 0 rings (SSSR count). The number of hydrogen-bond donors (Lipinski definition) is 2. The van der Waals surface area contributed by atoms with Gasteiger partial charge in [0, 0.05) is 12.8 Å². The quantitative estimate of drug-likeness (QED) is 0.0690. The van der Waals surface area contributed by atoms with Gasteiger partial charge >= 0.3 is 53.4 Å². The van der Waals surface area contributed by atoms with Crippen molar-refractivity contribution < 1.29 is 81.4 Å². The van der Waals surface area contributed by atoms with Gasteiger partial charge in [0.25, 0.3) is 0 Å². The van der Waals surface area contributed by atoms with Crippen molar-refractivity contribution in [2.24, 2.45) is 11.8 Å². The first-order chi connectivity index (χ1) is 19.3. The number of carboxylic acids is 2. The van der Waals surface area contributed by atoms with Crippen molar-refractivity contribution in [3.05, 3.63) is 0 Å². The fourth-order valence-electron chi connectivity index (χ4n) is 3.90. The smallest absolute Gasteiger partial charge is 0.747 e. The molecule has 11 nitrogen and oxygen atoms in total. The van der Waals surface area contributed by atoms with Gasteiger partial charge < -0.3 is 24.2 Å². The number of ether oxygens (including phenoxy) is 2. The van der Waals surface area contributed by atoms with E-state index in [9.17, 15) is 32.1 Å². The second-order valence-electron chi connectivity index (χ2n) is 10.4. The summed E-state index contributed by atoms with van der Waals surface area (Å²) >= 11 is 0. The van der Waals surface area contributed by atoms with Crippen LogP contribution in [0, 0.1) is 11.8 Å². The summed E-state index contributed by atoms with van der Waals surface area (Å²) in [7, 11) is -5.01. The van der Waals surface area contributed by atoms with E-state index in [-0.39, 0.29) is 67.4 Å². The van der Waals surface area contributed by atoms with Gasteiger partial charge in [0.05, 0.1) is 19.6 Å². The Kier molecular flexibility index (Phi) is 30.7. The number of carbonyl (C=O) groups is 4. The van der Waals surface area contributed by atoms with Crippen LogP contribution < -0.4 is 29.6 Å². The molecule has 242 valence electrons. The molecule has 42 heavy (non-hydrogen) atoms. The Labute approximate surface area is 274 Å². The third-order valence-corrected chi connectivity index (χ3v) is 7.83. The van der Waals surface area contributed by atoms with E-state index >= 15 is 0 Å². The van der Waals surface area contributed by atoms with Crippen molar-refractivity contribution in [1.82, 2.24) is 0 Å². The van der Waals surface area contributed by atoms with Crippen LogP contribution in [-0.4, -0.2) is 65.5 Å². The Morgan fingerprint density at radius 1 is 0.690 bits per heavy atom. The van der Waals surface area contributed by atoms with E-state index < -0.39 is 45.7 Å². The van der Waals surface area contributed by atoms with E-state index in [1.165, 1.54) is 0 Å². The predicted molar refractivity (Wildman–Crippen MR) is 154 cm³/mol. The van der Waals surface area contributed by atoms with Crippen molar-refractivity contribution >= 4 is 34.0 Å². The van der Waals surface area contributed by atoms with E-state index in [2.05, 4.69) is 13.8 Å². The molecule has 0 fully saturated rings. The Morgan fingerprint density at radius 3 is 1.45 bits per heavy atom. The van der Waals surface area contributed by atoms with Crippen LogP contribution in [0.4, 0.5) is 0 Å². The second kappa shape index (κ2) is 28.6. The maximum atomic E-state index is 12.1. The third-order valence-electron chi connectivity index (χ3n) is 6.77. The Morgan fingerprint density at radius 2 is 1.10 bits per heavy atom. The van der Waals surface area contributed by atoms with E-state index in [0.29, 0.717) is 12.8 Å². The summed E-state index contributed by atoms with van der Waals surface area (Å²) in [6.45, 7) is 8.26. The van der Waals surface area contributed by atoms with Crippen molar-refractivity contribution in [2.75, 3.05) is 13.2 Å². The molecule has 0 heterocycles. The first-order valence-electron chi connectivity index (χ1n) is 15.0. The van der Waals surface area contributed by atoms with Crippen LogP contribution in [0.3, 0.4) is 0 Å². The van der Waals surface area contributed by atoms with E-state index in [4.69, 9.17) is 19.7 Å². The van der Waals surface area contributed by atoms with E-state index in [1.54, 1.807) is 0 Å². The number of unbranched alkanes of at least 4 members (excludes halogenated alkanes) is 6. The van der Waals surface area contributed by atoms with Crippen LogP contribution in [0.1, 0.15) is 130 Å². The van der Waals surface area contributed by atoms with Crippen molar-refractivity contribution in [3.63, 3.8) is 0 Å². The van der Waals surface area contributed by atoms with Crippen LogP contribution in [0.15, 0.2) is 0 Å². The molecule has 0 saturated carbocycles. The zero-order valence-corrected chi connectivity index (χ0v) is 29.3. The fourth-order valence-corrected chi connectivity index (χ4v) is 4.54. The Balaban J connectivity index is -0.000000914. The SMILES string of the molecule is CCCCC(CC)COC(=O)CC(C(=O)OCC(CC)CCCC)S(=O)(=O)[O-].O=C(O)CCCCCCCC(=O)O.[Na+]. The van der Waals surface area contributed by atoms with Crippen LogP contribution in [0.2, 0.25) is 0 Å². The molecular formula is C29H53NaO11S. The molecule has 3 unspecified atom stereocenters. The predicted octanol–water partition coefficient (Wildman–Crippen LogP) is 2.70. The monoisotopic (exact) mass is 632 g/mol. The topological polar surface area (TPSA) is 184 Å². The minimum Gasteiger partial charge on any atom is -0.747 e. The molecule has 0 aliphatic heterocycles. The van der Waals surface area contributed by atoms with Crippen molar-refractivity contribution in [3.8, 4) is 0 Å².